The molecule has 3 aromatic carbocycles. The molecule has 0 bridgehead atoms. The van der Waals surface area contributed by atoms with Gasteiger partial charge in [-0.3, -0.25) is 19.4 Å². The lowest BCUT2D eigenvalue weighted by atomic mass is 10.0. The fourth-order valence-electron chi connectivity index (χ4n) is 3.39. The van der Waals surface area contributed by atoms with Crippen LogP contribution < -0.4 is 14.5 Å². The van der Waals surface area contributed by atoms with Gasteiger partial charge in [0.15, 0.2) is 5.11 Å². The molecule has 160 valence electrons. The first-order valence-corrected chi connectivity index (χ1v) is 11.5. The highest BCUT2D eigenvalue weighted by molar-refractivity contribution is 14.1. The molecule has 0 aromatic heterocycles. The molecular formula is C25H19IN2O3S. The molecule has 1 aliphatic rings. The van der Waals surface area contributed by atoms with Gasteiger partial charge in [0, 0.05) is 0 Å². The van der Waals surface area contributed by atoms with Gasteiger partial charge in [-0.05, 0) is 89.8 Å². The third kappa shape index (κ3) is 4.31. The van der Waals surface area contributed by atoms with E-state index < -0.39 is 11.8 Å². The van der Waals surface area contributed by atoms with E-state index in [9.17, 15) is 9.59 Å². The molecule has 1 heterocycles. The Hall–Kier alpha value is -3.04. The number of hydrogen-bond acceptors (Lipinski definition) is 4. The summed E-state index contributed by atoms with van der Waals surface area (Å²) in [6, 6.07) is 23.7. The van der Waals surface area contributed by atoms with Crippen LogP contribution in [0.2, 0.25) is 0 Å². The molecule has 0 saturated carbocycles. The Bertz CT molecular complexity index is 1150. The molecule has 1 saturated heterocycles. The highest BCUT2D eigenvalue weighted by Gasteiger charge is 2.41. The quantitative estimate of drug-likeness (QED) is 0.183. The SMILES string of the molecule is CCOc1ccc(C=C2C(=O)N(c3ccccc3)C(=S)N(c3ccccc3)C2=O)cc1I. The first kappa shape index (κ1) is 22.2. The van der Waals surface area contributed by atoms with Crippen LogP contribution in [-0.4, -0.2) is 23.5 Å². The van der Waals surface area contributed by atoms with E-state index in [0.717, 1.165) is 14.9 Å². The Balaban J connectivity index is 1.82. The molecule has 0 atom stereocenters. The molecule has 1 aliphatic heterocycles. The second-order valence-corrected chi connectivity index (χ2v) is 8.44. The van der Waals surface area contributed by atoms with E-state index in [1.165, 1.54) is 9.80 Å². The minimum absolute atomic E-state index is 0.0336. The van der Waals surface area contributed by atoms with Gasteiger partial charge in [-0.2, -0.15) is 0 Å². The fourth-order valence-corrected chi connectivity index (χ4v) is 4.46. The zero-order valence-electron chi connectivity index (χ0n) is 17.2. The number of para-hydroxylation sites is 2. The molecule has 0 N–H and O–H groups in total. The topological polar surface area (TPSA) is 49.9 Å². The van der Waals surface area contributed by atoms with Crippen LogP contribution in [-0.2, 0) is 9.59 Å². The third-order valence-electron chi connectivity index (χ3n) is 4.85. The van der Waals surface area contributed by atoms with E-state index in [-0.39, 0.29) is 10.7 Å². The number of thiocarbonyl (C=S) groups is 1. The molecule has 4 rings (SSSR count). The van der Waals surface area contributed by atoms with Gasteiger partial charge >= 0.3 is 0 Å². The highest BCUT2D eigenvalue weighted by Crippen LogP contribution is 2.30. The smallest absolute Gasteiger partial charge is 0.270 e. The monoisotopic (exact) mass is 554 g/mol. The van der Waals surface area contributed by atoms with Gasteiger partial charge in [-0.15, -0.1) is 0 Å². The molecule has 0 spiro atoms. The van der Waals surface area contributed by atoms with Crippen molar-refractivity contribution in [2.75, 3.05) is 16.4 Å². The van der Waals surface area contributed by atoms with Gasteiger partial charge in [-0.25, -0.2) is 0 Å². The van der Waals surface area contributed by atoms with E-state index in [4.69, 9.17) is 17.0 Å². The van der Waals surface area contributed by atoms with Crippen LogP contribution in [0.3, 0.4) is 0 Å². The predicted octanol–water partition coefficient (Wildman–Crippen LogP) is 5.44. The third-order valence-corrected chi connectivity index (χ3v) is 6.05. The van der Waals surface area contributed by atoms with Gasteiger partial charge in [-0.1, -0.05) is 42.5 Å². The van der Waals surface area contributed by atoms with Crippen molar-refractivity contribution in [1.29, 1.82) is 0 Å². The van der Waals surface area contributed by atoms with Crippen molar-refractivity contribution in [3.8, 4) is 5.75 Å². The molecular weight excluding hydrogens is 535 g/mol. The van der Waals surface area contributed by atoms with Crippen LogP contribution in [0.4, 0.5) is 11.4 Å². The van der Waals surface area contributed by atoms with E-state index in [1.54, 1.807) is 30.3 Å². The molecule has 3 aromatic rings. The van der Waals surface area contributed by atoms with Gasteiger partial charge in [0.1, 0.15) is 11.3 Å². The van der Waals surface area contributed by atoms with Crippen LogP contribution in [0, 0.1) is 3.57 Å². The van der Waals surface area contributed by atoms with Gasteiger partial charge in [0.2, 0.25) is 0 Å². The Morgan fingerprint density at radius 2 is 1.41 bits per heavy atom. The van der Waals surface area contributed by atoms with Crippen molar-refractivity contribution in [1.82, 2.24) is 0 Å². The number of anilines is 2. The average molecular weight is 554 g/mol. The number of benzene rings is 3. The summed E-state index contributed by atoms with van der Waals surface area (Å²) in [7, 11) is 0. The lowest BCUT2D eigenvalue weighted by molar-refractivity contribution is -0.120. The number of carbonyl (C=O) groups excluding carboxylic acids is 2. The van der Waals surface area contributed by atoms with Crippen molar-refractivity contribution in [3.63, 3.8) is 0 Å². The lowest BCUT2D eigenvalue weighted by Gasteiger charge is -2.36. The predicted molar refractivity (Wildman–Crippen MR) is 139 cm³/mol. The summed E-state index contributed by atoms with van der Waals surface area (Å²) in [5, 5.41) is 0.121. The zero-order chi connectivity index (χ0) is 22.7. The van der Waals surface area contributed by atoms with Crippen molar-refractivity contribution < 1.29 is 14.3 Å². The summed E-state index contributed by atoms with van der Waals surface area (Å²) < 4.78 is 6.49. The minimum atomic E-state index is -0.456. The summed E-state index contributed by atoms with van der Waals surface area (Å²) in [5.74, 6) is -0.154. The van der Waals surface area contributed by atoms with E-state index in [2.05, 4.69) is 22.6 Å². The Kier molecular flexibility index (Phi) is 6.66. The minimum Gasteiger partial charge on any atom is -0.493 e. The van der Waals surface area contributed by atoms with Crippen molar-refractivity contribution in [2.45, 2.75) is 6.92 Å². The normalized spacial score (nSPS) is 14.1. The Morgan fingerprint density at radius 1 is 0.875 bits per heavy atom. The van der Waals surface area contributed by atoms with Crippen LogP contribution in [0.15, 0.2) is 84.4 Å². The summed E-state index contributed by atoms with van der Waals surface area (Å²) in [6.07, 6.45) is 1.61. The van der Waals surface area contributed by atoms with Crippen LogP contribution in [0.5, 0.6) is 5.75 Å². The van der Waals surface area contributed by atoms with Gasteiger partial charge in [0.05, 0.1) is 21.6 Å². The maximum absolute atomic E-state index is 13.5. The summed E-state index contributed by atoms with van der Waals surface area (Å²) >= 11 is 7.79. The molecule has 0 unspecified atom stereocenters. The van der Waals surface area contributed by atoms with Gasteiger partial charge in [0.25, 0.3) is 11.8 Å². The van der Waals surface area contributed by atoms with Crippen molar-refractivity contribution >= 4 is 69.2 Å². The summed E-state index contributed by atoms with van der Waals surface area (Å²) in [5.41, 5.74) is 1.96. The standard InChI is InChI=1S/C25H19IN2O3S/c1-2-31-22-14-13-17(16-21(22)26)15-20-23(29)27(18-9-5-3-6-10-18)25(32)28(24(20)30)19-11-7-4-8-12-19/h3-16H,2H2,1H3. The largest absolute Gasteiger partial charge is 0.493 e. The second-order valence-electron chi connectivity index (χ2n) is 6.92. The van der Waals surface area contributed by atoms with Crippen LogP contribution in [0.25, 0.3) is 6.08 Å². The van der Waals surface area contributed by atoms with E-state index in [1.807, 2.05) is 61.5 Å². The molecule has 2 amide bonds. The summed E-state index contributed by atoms with van der Waals surface area (Å²) in [6.45, 7) is 2.48. The average Bonchev–Trinajstić information content (AvgIpc) is 2.80. The zero-order valence-corrected chi connectivity index (χ0v) is 20.2. The first-order valence-electron chi connectivity index (χ1n) is 9.98. The number of hydrogen-bond donors (Lipinski definition) is 0. The number of halogens is 1. The Labute approximate surface area is 205 Å². The van der Waals surface area contributed by atoms with Crippen molar-refractivity contribution in [2.24, 2.45) is 0 Å². The van der Waals surface area contributed by atoms with Gasteiger partial charge < -0.3 is 4.74 Å². The number of amides is 2. The maximum Gasteiger partial charge on any atom is 0.270 e. The molecule has 0 radical (unpaired) electrons. The van der Waals surface area contributed by atoms with Crippen LogP contribution in [0.1, 0.15) is 12.5 Å². The molecule has 7 heteroatoms. The number of rotatable bonds is 5. The molecule has 5 nitrogen and oxygen atoms in total. The van der Waals surface area contributed by atoms with E-state index in [0.29, 0.717) is 18.0 Å². The fraction of sp³-hybridized carbons (Fsp3) is 0.0800. The number of ether oxygens (including phenoxy) is 1. The highest BCUT2D eigenvalue weighted by atomic mass is 127. The molecule has 32 heavy (non-hydrogen) atoms. The Morgan fingerprint density at radius 3 is 1.88 bits per heavy atom. The molecule has 0 aliphatic carbocycles. The maximum atomic E-state index is 13.5. The number of carbonyl (C=O) groups is 2. The first-order chi connectivity index (χ1) is 15.5. The van der Waals surface area contributed by atoms with Crippen LogP contribution >= 0.6 is 34.8 Å². The van der Waals surface area contributed by atoms with E-state index >= 15 is 0 Å². The summed E-state index contributed by atoms with van der Waals surface area (Å²) in [4.78, 5) is 29.8. The molecule has 1 fully saturated rings. The van der Waals surface area contributed by atoms with Crippen molar-refractivity contribution in [3.05, 3.63) is 93.6 Å². The number of nitrogens with zero attached hydrogens (tertiary/aromatic N) is 2. The lowest BCUT2D eigenvalue weighted by Crippen LogP contribution is -2.56. The second kappa shape index (κ2) is 9.62.